The summed E-state index contributed by atoms with van der Waals surface area (Å²) in [5.41, 5.74) is 0.968. The number of aromatic hydroxyl groups is 1. The fourth-order valence-corrected chi connectivity index (χ4v) is 5.06. The number of amides is 1. The number of thiophene rings is 1. The van der Waals surface area contributed by atoms with Crippen molar-refractivity contribution >= 4 is 45.0 Å². The van der Waals surface area contributed by atoms with Crippen molar-refractivity contribution in [1.29, 1.82) is 0 Å². The van der Waals surface area contributed by atoms with Gasteiger partial charge in [0.25, 0.3) is 11.9 Å². The topological polar surface area (TPSA) is 113 Å². The molecule has 0 atom stereocenters. The molecule has 2 aromatic carbocycles. The van der Waals surface area contributed by atoms with Gasteiger partial charge in [-0.25, -0.2) is 0 Å². The molecule has 4 rings (SSSR count). The lowest BCUT2D eigenvalue weighted by Crippen LogP contribution is -2.12. The third-order valence-corrected chi connectivity index (χ3v) is 6.37. The Morgan fingerprint density at radius 1 is 1.32 bits per heavy atom. The standard InChI is InChI=1S/C18H15N5O3S2/c1-9-6-12-14(8-13(9)26-2)28-16(17(25)19-18-20-22-23-21-18)15(12)27-11-5-3-4-10(24)7-11/h3-8,24H,1-2H3,(H2,19,20,21,22,23,25). The molecule has 0 unspecified atom stereocenters. The lowest BCUT2D eigenvalue weighted by Gasteiger charge is -2.07. The van der Waals surface area contributed by atoms with Gasteiger partial charge < -0.3 is 9.84 Å². The quantitative estimate of drug-likeness (QED) is 0.455. The number of aromatic amines is 1. The number of anilines is 1. The molecule has 2 aromatic heterocycles. The predicted octanol–water partition coefficient (Wildman–Crippen LogP) is 3.84. The van der Waals surface area contributed by atoms with E-state index in [1.807, 2.05) is 25.1 Å². The number of H-pyrrole nitrogens is 1. The average Bonchev–Trinajstić information content (AvgIpc) is 3.29. The molecule has 0 aliphatic carbocycles. The highest BCUT2D eigenvalue weighted by Crippen LogP contribution is 2.44. The molecule has 0 spiro atoms. The van der Waals surface area contributed by atoms with E-state index in [1.165, 1.54) is 23.1 Å². The van der Waals surface area contributed by atoms with Crippen LogP contribution < -0.4 is 10.1 Å². The van der Waals surface area contributed by atoms with Crippen LogP contribution in [0.4, 0.5) is 5.95 Å². The molecule has 142 valence electrons. The van der Waals surface area contributed by atoms with Crippen LogP contribution in [-0.4, -0.2) is 38.7 Å². The second-order valence-corrected chi connectivity index (χ2v) is 8.00. The van der Waals surface area contributed by atoms with Crippen LogP contribution in [0.25, 0.3) is 10.1 Å². The van der Waals surface area contributed by atoms with Crippen molar-refractivity contribution in [3.8, 4) is 11.5 Å². The molecule has 0 bridgehead atoms. The number of phenolic OH excluding ortho intramolecular Hbond substituents is 1. The van der Waals surface area contributed by atoms with Crippen LogP contribution in [0.2, 0.25) is 0 Å². The van der Waals surface area contributed by atoms with Gasteiger partial charge in [-0.2, -0.15) is 5.21 Å². The van der Waals surface area contributed by atoms with Gasteiger partial charge in [0.05, 0.1) is 7.11 Å². The number of phenols is 1. The van der Waals surface area contributed by atoms with E-state index < -0.39 is 0 Å². The van der Waals surface area contributed by atoms with Crippen molar-refractivity contribution < 1.29 is 14.6 Å². The fraction of sp³-hybridized carbons (Fsp3) is 0.111. The number of carbonyl (C=O) groups is 1. The molecule has 4 aromatic rings. The van der Waals surface area contributed by atoms with E-state index in [-0.39, 0.29) is 17.6 Å². The number of hydrogen-bond donors (Lipinski definition) is 3. The molecule has 0 fully saturated rings. The zero-order valence-corrected chi connectivity index (χ0v) is 16.5. The number of nitrogens with zero attached hydrogens (tertiary/aromatic N) is 3. The van der Waals surface area contributed by atoms with Crippen LogP contribution in [0, 0.1) is 6.92 Å². The number of aryl methyl sites for hydroxylation is 1. The van der Waals surface area contributed by atoms with Crippen LogP contribution in [-0.2, 0) is 0 Å². The third-order valence-electron chi connectivity index (χ3n) is 3.97. The molecular weight excluding hydrogens is 398 g/mol. The number of carbonyl (C=O) groups excluding carboxylic acids is 1. The first-order chi connectivity index (χ1) is 13.5. The molecule has 0 saturated heterocycles. The Kier molecular flexibility index (Phi) is 4.88. The van der Waals surface area contributed by atoms with E-state index in [1.54, 1.807) is 25.3 Å². The van der Waals surface area contributed by atoms with Gasteiger partial charge in [-0.05, 0) is 48.0 Å². The first-order valence-corrected chi connectivity index (χ1v) is 9.81. The van der Waals surface area contributed by atoms with Crippen molar-refractivity contribution in [1.82, 2.24) is 20.6 Å². The van der Waals surface area contributed by atoms with Gasteiger partial charge in [0.2, 0.25) is 0 Å². The predicted molar refractivity (Wildman–Crippen MR) is 107 cm³/mol. The molecular formula is C18H15N5O3S2. The Morgan fingerprint density at radius 3 is 2.89 bits per heavy atom. The van der Waals surface area contributed by atoms with Crippen molar-refractivity contribution in [2.75, 3.05) is 12.4 Å². The van der Waals surface area contributed by atoms with Gasteiger partial charge in [0, 0.05) is 19.9 Å². The number of ether oxygens (including phenoxy) is 1. The van der Waals surface area contributed by atoms with Gasteiger partial charge in [0.15, 0.2) is 0 Å². The zero-order valence-electron chi connectivity index (χ0n) is 14.9. The smallest absolute Gasteiger partial charge is 0.270 e. The summed E-state index contributed by atoms with van der Waals surface area (Å²) in [6.07, 6.45) is 0. The van der Waals surface area contributed by atoms with Crippen molar-refractivity contribution in [3.05, 3.63) is 46.8 Å². The van der Waals surface area contributed by atoms with E-state index in [4.69, 9.17) is 4.74 Å². The fourth-order valence-electron chi connectivity index (χ4n) is 2.72. The number of rotatable bonds is 5. The Balaban J connectivity index is 1.83. The first-order valence-electron chi connectivity index (χ1n) is 8.18. The molecule has 0 saturated carbocycles. The maximum Gasteiger partial charge on any atom is 0.270 e. The number of hydrogen-bond acceptors (Lipinski definition) is 8. The second kappa shape index (κ2) is 7.49. The van der Waals surface area contributed by atoms with Gasteiger partial charge in [-0.15, -0.1) is 16.4 Å². The van der Waals surface area contributed by atoms with E-state index in [9.17, 15) is 9.90 Å². The summed E-state index contributed by atoms with van der Waals surface area (Å²) >= 11 is 2.77. The molecule has 28 heavy (non-hydrogen) atoms. The monoisotopic (exact) mass is 413 g/mol. The Bertz CT molecular complexity index is 1160. The molecule has 0 radical (unpaired) electrons. The summed E-state index contributed by atoms with van der Waals surface area (Å²) in [5.74, 6) is 0.694. The molecule has 8 nitrogen and oxygen atoms in total. The van der Waals surface area contributed by atoms with E-state index in [0.717, 1.165) is 31.2 Å². The van der Waals surface area contributed by atoms with E-state index >= 15 is 0 Å². The molecule has 0 aliphatic heterocycles. The number of benzene rings is 2. The minimum atomic E-state index is -0.332. The van der Waals surface area contributed by atoms with Crippen molar-refractivity contribution in [3.63, 3.8) is 0 Å². The van der Waals surface area contributed by atoms with Crippen LogP contribution in [0.1, 0.15) is 15.2 Å². The van der Waals surface area contributed by atoms with Gasteiger partial charge >= 0.3 is 0 Å². The maximum absolute atomic E-state index is 12.9. The van der Waals surface area contributed by atoms with Gasteiger partial charge in [-0.3, -0.25) is 10.1 Å². The normalized spacial score (nSPS) is 10.9. The molecule has 0 aliphatic rings. The largest absolute Gasteiger partial charge is 0.508 e. The minimum absolute atomic E-state index is 0.101. The zero-order chi connectivity index (χ0) is 19.7. The summed E-state index contributed by atoms with van der Waals surface area (Å²) in [6.45, 7) is 1.96. The highest BCUT2D eigenvalue weighted by atomic mass is 32.2. The van der Waals surface area contributed by atoms with E-state index in [2.05, 4.69) is 25.9 Å². The average molecular weight is 413 g/mol. The summed E-state index contributed by atoms with van der Waals surface area (Å²) in [5, 5.41) is 26.7. The summed E-state index contributed by atoms with van der Waals surface area (Å²) in [4.78, 5) is 15.0. The third kappa shape index (κ3) is 3.51. The number of methoxy groups -OCH3 is 1. The second-order valence-electron chi connectivity index (χ2n) is 5.87. The first kappa shape index (κ1) is 18.3. The van der Waals surface area contributed by atoms with E-state index in [0.29, 0.717) is 4.88 Å². The highest BCUT2D eigenvalue weighted by Gasteiger charge is 2.22. The Hall–Kier alpha value is -3.11. The van der Waals surface area contributed by atoms with Gasteiger partial charge in [-0.1, -0.05) is 22.9 Å². The molecule has 3 N–H and O–H groups in total. The van der Waals surface area contributed by atoms with Gasteiger partial charge in [0.1, 0.15) is 16.4 Å². The molecule has 10 heteroatoms. The van der Waals surface area contributed by atoms with Crippen LogP contribution in [0.5, 0.6) is 11.5 Å². The maximum atomic E-state index is 12.9. The van der Waals surface area contributed by atoms with Crippen molar-refractivity contribution in [2.24, 2.45) is 0 Å². The Labute approximate surface area is 167 Å². The molecule has 1 amide bonds. The number of nitrogens with one attached hydrogen (secondary N) is 2. The van der Waals surface area contributed by atoms with Crippen molar-refractivity contribution in [2.45, 2.75) is 16.7 Å². The minimum Gasteiger partial charge on any atom is -0.508 e. The lowest BCUT2D eigenvalue weighted by molar-refractivity contribution is 0.102. The number of aromatic nitrogens is 4. The SMILES string of the molecule is COc1cc2sc(C(=O)Nc3nn[nH]n3)c(Sc3cccc(O)c3)c2cc1C. The van der Waals surface area contributed by atoms with Crippen LogP contribution in [0.3, 0.4) is 0 Å². The Morgan fingerprint density at radius 2 is 2.18 bits per heavy atom. The number of tetrazole rings is 1. The summed E-state index contributed by atoms with van der Waals surface area (Å²) in [7, 11) is 1.62. The summed E-state index contributed by atoms with van der Waals surface area (Å²) < 4.78 is 6.34. The lowest BCUT2D eigenvalue weighted by atomic mass is 10.1. The highest BCUT2D eigenvalue weighted by molar-refractivity contribution is 7.99. The van der Waals surface area contributed by atoms with Crippen LogP contribution in [0.15, 0.2) is 46.2 Å². The summed E-state index contributed by atoms with van der Waals surface area (Å²) in [6, 6.07) is 10.8. The molecule has 2 heterocycles. The van der Waals surface area contributed by atoms with Crippen LogP contribution >= 0.6 is 23.1 Å². The number of fused-ring (bicyclic) bond motifs is 1.